The molecule has 19 nitrogen and oxygen atoms in total. The highest BCUT2D eigenvalue weighted by molar-refractivity contribution is 7.86. The van der Waals surface area contributed by atoms with Gasteiger partial charge in [-0.1, -0.05) is 88.6 Å². The van der Waals surface area contributed by atoms with Crippen LogP contribution in [0, 0.1) is 36.5 Å². The number of pyridine rings is 1. The Balaban J connectivity index is 1.27. The predicted octanol–water partition coefficient (Wildman–Crippen LogP) is 13.3. The van der Waals surface area contributed by atoms with Gasteiger partial charge in [0.25, 0.3) is 30.4 Å². The van der Waals surface area contributed by atoms with Gasteiger partial charge in [-0.2, -0.15) is 35.8 Å². The monoisotopic (exact) mass is 1090 g/mol. The average molecular weight is 1090 g/mol. The highest BCUT2D eigenvalue weighted by Gasteiger charge is 2.25. The van der Waals surface area contributed by atoms with Crippen LogP contribution in [0.2, 0.25) is 10.0 Å². The van der Waals surface area contributed by atoms with E-state index >= 15 is 0 Å². The van der Waals surface area contributed by atoms with E-state index in [2.05, 4.69) is 53.5 Å². The molecule has 2 aromatic heterocycles. The molecule has 0 radical (unpaired) electrons. The maximum Gasteiger partial charge on any atom is 0.296 e. The highest BCUT2D eigenvalue weighted by Crippen LogP contribution is 2.49. The van der Waals surface area contributed by atoms with Crippen molar-refractivity contribution in [2.75, 3.05) is 16.0 Å². The molecule has 0 bridgehead atoms. The molecular weight excluding hydrogens is 1060 g/mol. The summed E-state index contributed by atoms with van der Waals surface area (Å²) in [6.07, 6.45) is 0. The first kappa shape index (κ1) is 51.7. The van der Waals surface area contributed by atoms with Crippen molar-refractivity contribution in [1.82, 2.24) is 4.98 Å². The normalized spacial score (nSPS) is 12.0. The van der Waals surface area contributed by atoms with Crippen molar-refractivity contribution in [3.05, 3.63) is 159 Å². The van der Waals surface area contributed by atoms with E-state index in [1.54, 1.807) is 55.5 Å². The average Bonchev–Trinajstić information content (AvgIpc) is 3.70. The molecule has 0 saturated carbocycles. The number of aromatic nitrogens is 1. The zero-order chi connectivity index (χ0) is 52.4. The third-order valence-corrected chi connectivity index (χ3v) is 15.2. The van der Waals surface area contributed by atoms with Crippen molar-refractivity contribution >= 4 is 126 Å². The highest BCUT2D eigenvalue weighted by atomic mass is 35.5. The van der Waals surface area contributed by atoms with Crippen LogP contribution in [0.25, 0.3) is 21.9 Å². The zero-order valence-corrected chi connectivity index (χ0v) is 42.3. The Hall–Kier alpha value is -7.68. The Bertz CT molecular complexity index is 4010. The van der Waals surface area contributed by atoms with Crippen LogP contribution < -0.4 is 16.0 Å². The molecule has 6 aromatic carbocycles. The Labute approximate surface area is 431 Å². The fourth-order valence-corrected chi connectivity index (χ4v) is 10.8. The molecule has 0 spiro atoms. The quantitative estimate of drug-likeness (QED) is 0.0411. The van der Waals surface area contributed by atoms with E-state index in [0.29, 0.717) is 22.8 Å². The summed E-state index contributed by atoms with van der Waals surface area (Å²) in [5.41, 5.74) is 3.96. The molecule has 73 heavy (non-hydrogen) atoms. The third-order valence-electron chi connectivity index (χ3n) is 10.8. The van der Waals surface area contributed by atoms with Crippen LogP contribution in [-0.2, 0) is 36.9 Å². The van der Waals surface area contributed by atoms with Gasteiger partial charge in [-0.3, -0.25) is 13.7 Å². The molecular formula is C48H34Cl2N10O9S4. The van der Waals surface area contributed by atoms with Gasteiger partial charge in [0, 0.05) is 50.5 Å². The molecule has 0 aliphatic heterocycles. The molecule has 8 rings (SSSR count). The van der Waals surface area contributed by atoms with E-state index in [0.717, 1.165) is 52.4 Å². The van der Waals surface area contributed by atoms with Crippen molar-refractivity contribution in [2.45, 2.75) is 35.1 Å². The molecule has 2 heterocycles. The van der Waals surface area contributed by atoms with Gasteiger partial charge in [0.15, 0.2) is 16.6 Å². The van der Waals surface area contributed by atoms with Gasteiger partial charge >= 0.3 is 0 Å². The van der Waals surface area contributed by atoms with Crippen molar-refractivity contribution in [3.63, 3.8) is 0 Å². The zero-order valence-electron chi connectivity index (χ0n) is 37.6. The topological polar surface area (TPSA) is 309 Å². The van der Waals surface area contributed by atoms with Gasteiger partial charge in [0.05, 0.1) is 16.3 Å². The van der Waals surface area contributed by atoms with E-state index in [1.807, 2.05) is 31.2 Å². The molecule has 0 aliphatic rings. The maximum absolute atomic E-state index is 12.6. The number of thiophene rings is 1. The van der Waals surface area contributed by atoms with Gasteiger partial charge in [-0.25, -0.2) is 4.98 Å². The minimum Gasteiger partial charge on any atom is -0.381 e. The number of halogens is 2. The first-order valence-electron chi connectivity index (χ1n) is 20.9. The molecule has 0 amide bonds. The summed E-state index contributed by atoms with van der Waals surface area (Å²) in [4.78, 5) is 2.66. The number of nitriles is 2. The minimum absolute atomic E-state index is 0.0151. The van der Waals surface area contributed by atoms with Crippen LogP contribution in [0.3, 0.4) is 0 Å². The van der Waals surface area contributed by atoms with Crippen molar-refractivity contribution < 1.29 is 38.9 Å². The first-order valence-corrected chi connectivity index (χ1v) is 26.8. The summed E-state index contributed by atoms with van der Waals surface area (Å²) in [5, 5.41) is 48.0. The molecule has 0 atom stereocenters. The number of anilines is 5. The molecule has 0 fully saturated rings. The number of azo groups is 2. The Kier molecular flexibility index (Phi) is 14.7. The fraction of sp³-hybridized carbons (Fsp3) is 0.0625. The second kappa shape index (κ2) is 20.8. The molecule has 368 valence electrons. The summed E-state index contributed by atoms with van der Waals surface area (Å²) in [6.45, 7) is 4.05. The van der Waals surface area contributed by atoms with Crippen LogP contribution >= 0.6 is 34.5 Å². The summed E-state index contributed by atoms with van der Waals surface area (Å²) in [6, 6.07) is 35.0. The second-order valence-corrected chi connectivity index (χ2v) is 21.8. The van der Waals surface area contributed by atoms with Crippen molar-refractivity contribution in [1.29, 1.82) is 10.5 Å². The van der Waals surface area contributed by atoms with Crippen LogP contribution in [0.1, 0.15) is 27.8 Å². The number of fused-ring (bicyclic) bond motifs is 1. The minimum atomic E-state index is -5.01. The predicted molar refractivity (Wildman–Crippen MR) is 278 cm³/mol. The molecule has 0 aliphatic carbocycles. The first-order chi connectivity index (χ1) is 34.6. The van der Waals surface area contributed by atoms with E-state index < -0.39 is 45.0 Å². The second-order valence-electron chi connectivity index (χ2n) is 15.8. The lowest BCUT2D eigenvalue weighted by molar-refractivity contribution is 0.481. The molecule has 0 saturated heterocycles. The van der Waals surface area contributed by atoms with E-state index in [1.165, 1.54) is 24.3 Å². The number of aryl methyl sites for hydroxylation is 1. The number of rotatable bonds is 15. The summed E-state index contributed by atoms with van der Waals surface area (Å²) < 4.78 is 104. The van der Waals surface area contributed by atoms with Gasteiger partial charge in [-0.05, 0) is 97.8 Å². The third kappa shape index (κ3) is 11.7. The van der Waals surface area contributed by atoms with E-state index in [-0.39, 0.29) is 76.7 Å². The number of hydrogen-bond donors (Lipinski definition) is 6. The Morgan fingerprint density at radius 2 is 1.23 bits per heavy atom. The van der Waals surface area contributed by atoms with Gasteiger partial charge < -0.3 is 16.0 Å². The lowest BCUT2D eigenvalue weighted by Gasteiger charge is -2.16. The van der Waals surface area contributed by atoms with E-state index in [4.69, 9.17) is 23.2 Å². The van der Waals surface area contributed by atoms with Crippen LogP contribution in [0.15, 0.2) is 156 Å². The smallest absolute Gasteiger partial charge is 0.296 e. The van der Waals surface area contributed by atoms with Crippen LogP contribution in [-0.4, -0.2) is 43.9 Å². The molecule has 6 N–H and O–H groups in total. The summed E-state index contributed by atoms with van der Waals surface area (Å²) in [7, 11) is -14.7. The summed E-state index contributed by atoms with van der Waals surface area (Å²) in [5.74, 6) is -0.0441. The van der Waals surface area contributed by atoms with Gasteiger partial charge in [-0.15, -0.1) is 20.5 Å². The van der Waals surface area contributed by atoms with Gasteiger partial charge in [0.1, 0.15) is 43.1 Å². The summed E-state index contributed by atoms with van der Waals surface area (Å²) >= 11 is 13.1. The molecule has 8 aromatic rings. The van der Waals surface area contributed by atoms with Gasteiger partial charge in [0.2, 0.25) is 0 Å². The van der Waals surface area contributed by atoms with Crippen molar-refractivity contribution in [3.8, 4) is 23.3 Å². The van der Waals surface area contributed by atoms with Crippen LogP contribution in [0.5, 0.6) is 0 Å². The van der Waals surface area contributed by atoms with Crippen molar-refractivity contribution in [2.24, 2.45) is 20.5 Å². The number of hydrogen-bond acceptors (Lipinski definition) is 17. The number of benzene rings is 6. The Morgan fingerprint density at radius 1 is 0.616 bits per heavy atom. The molecule has 25 heteroatoms. The number of nitrogens with one attached hydrogen (secondary N) is 3. The number of nitrogens with zero attached hydrogens (tertiary/aromatic N) is 7. The lowest BCUT2D eigenvalue weighted by Crippen LogP contribution is -2.05. The largest absolute Gasteiger partial charge is 0.381 e. The Morgan fingerprint density at radius 3 is 1.88 bits per heavy atom. The standard InChI is InChI=1S/C48H34Cl2N10O9S4/c1-26-6-8-28(9-7-26)25-53-31-14-10-29(11-15-31)43-38(24-52)47(70-48(43)60-57-34-20-36-35(41(22-34)72(64,65)66)4-3-5-40(36)71(61,62)63)59-58-44-27(2)37(23-51)45(56-46(44)54-32-16-12-30(49)13-17-32)55-33-18-19-39(50)42(21-33)73(67,68)69/h3-22,53H,25H2,1-2H3,(H2,54,55,56)(H,61,62,63)(H,64,65,66)(H,67,68,69)/b59-58?,60-57+. The maximum atomic E-state index is 12.6. The lowest BCUT2D eigenvalue weighted by atomic mass is 10.0. The van der Waals surface area contributed by atoms with E-state index in [9.17, 15) is 49.4 Å². The fourth-order valence-electron chi connectivity index (χ4n) is 7.31. The SMILES string of the molecule is Cc1ccc(CNc2ccc(-c3c(/N=N/c4cc(S(=O)(=O)O)c5cccc(S(=O)(=O)O)c5c4)sc(N=Nc4c(Nc5ccc(Cl)cc5)nc(Nc5ccc(Cl)c(S(=O)(=O)O)c5)c(C#N)c4C)c3C#N)cc2)cc1. The molecule has 0 unspecified atom stereocenters. The van der Waals surface area contributed by atoms with Crippen LogP contribution in [0.4, 0.5) is 50.1 Å².